The fraction of sp³-hybridized carbons (Fsp3) is 0.286. The van der Waals surface area contributed by atoms with Gasteiger partial charge in [0.2, 0.25) is 5.88 Å². The zero-order valence-corrected chi connectivity index (χ0v) is 15.5. The number of aryl methyl sites for hydroxylation is 1. The van der Waals surface area contributed by atoms with Crippen molar-refractivity contribution >= 4 is 0 Å². The van der Waals surface area contributed by atoms with Gasteiger partial charge in [-0.1, -0.05) is 12.0 Å². The third kappa shape index (κ3) is 3.36. The van der Waals surface area contributed by atoms with Crippen molar-refractivity contribution < 1.29 is 18.6 Å². The number of hydrogen-bond donors (Lipinski definition) is 1. The van der Waals surface area contributed by atoms with E-state index in [4.69, 9.17) is 30.8 Å². The van der Waals surface area contributed by atoms with Gasteiger partial charge in [0, 0.05) is 6.07 Å². The van der Waals surface area contributed by atoms with E-state index in [2.05, 4.69) is 5.92 Å². The molecule has 0 radical (unpaired) electrons. The first kappa shape index (κ1) is 18.5. The first-order valence-corrected chi connectivity index (χ1v) is 8.68. The van der Waals surface area contributed by atoms with Gasteiger partial charge in [0.1, 0.15) is 11.5 Å². The van der Waals surface area contributed by atoms with E-state index in [1.165, 1.54) is 0 Å². The number of ether oxygens (including phenoxy) is 3. The second-order valence-electron chi connectivity index (χ2n) is 5.95. The fourth-order valence-electron chi connectivity index (χ4n) is 3.13. The fourth-order valence-corrected chi connectivity index (χ4v) is 3.13. The lowest BCUT2D eigenvalue weighted by Gasteiger charge is -2.26. The number of nitrogens with two attached hydrogens (primary N) is 1. The summed E-state index contributed by atoms with van der Waals surface area (Å²) in [6.45, 7) is 6.42. The molecule has 1 aromatic carbocycles. The van der Waals surface area contributed by atoms with Gasteiger partial charge in [-0.25, -0.2) is 4.79 Å². The van der Waals surface area contributed by atoms with Gasteiger partial charge in [0.05, 0.1) is 30.3 Å². The normalized spacial score (nSPS) is 15.6. The molecule has 2 aromatic rings. The second-order valence-corrected chi connectivity index (χ2v) is 5.95. The van der Waals surface area contributed by atoms with E-state index < -0.39 is 11.5 Å². The van der Waals surface area contributed by atoms with E-state index in [9.17, 15) is 4.79 Å². The Morgan fingerprint density at radius 3 is 2.56 bits per heavy atom. The Labute approximate surface area is 157 Å². The summed E-state index contributed by atoms with van der Waals surface area (Å²) >= 11 is 0. The molecule has 0 saturated heterocycles. The van der Waals surface area contributed by atoms with Gasteiger partial charge in [-0.2, -0.15) is 0 Å². The molecular weight excluding hydrogens is 346 g/mol. The van der Waals surface area contributed by atoms with Crippen LogP contribution in [0.1, 0.15) is 36.7 Å². The molecule has 2 heterocycles. The number of rotatable bonds is 5. The quantitative estimate of drug-likeness (QED) is 0.818. The topological polar surface area (TPSA) is 83.9 Å². The van der Waals surface area contributed by atoms with E-state index in [-0.39, 0.29) is 5.88 Å². The van der Waals surface area contributed by atoms with E-state index in [0.717, 1.165) is 5.56 Å². The molecule has 3 rings (SSSR count). The van der Waals surface area contributed by atoms with Crippen LogP contribution in [0.25, 0.3) is 0 Å². The van der Waals surface area contributed by atoms with Gasteiger partial charge in [-0.15, -0.1) is 6.42 Å². The Bertz CT molecular complexity index is 997. The van der Waals surface area contributed by atoms with Crippen LogP contribution in [-0.2, 0) is 0 Å². The summed E-state index contributed by atoms with van der Waals surface area (Å²) < 4.78 is 22.2. The number of benzene rings is 1. The molecule has 6 nitrogen and oxygen atoms in total. The van der Waals surface area contributed by atoms with Crippen molar-refractivity contribution in [2.45, 2.75) is 26.7 Å². The van der Waals surface area contributed by atoms with Crippen LogP contribution in [0.15, 0.2) is 44.9 Å². The molecule has 140 valence electrons. The summed E-state index contributed by atoms with van der Waals surface area (Å²) in [6.07, 6.45) is 5.68. The van der Waals surface area contributed by atoms with Gasteiger partial charge in [-0.3, -0.25) is 0 Å². The zero-order valence-electron chi connectivity index (χ0n) is 15.5. The molecule has 6 heteroatoms. The van der Waals surface area contributed by atoms with Crippen LogP contribution in [0.2, 0.25) is 0 Å². The average molecular weight is 367 g/mol. The smallest absolute Gasteiger partial charge is 0.343 e. The molecular formula is C21H21NO5. The molecule has 0 aliphatic carbocycles. The maximum atomic E-state index is 12.6. The van der Waals surface area contributed by atoms with Crippen molar-refractivity contribution in [3.8, 4) is 29.6 Å². The Morgan fingerprint density at radius 1 is 1.19 bits per heavy atom. The molecule has 1 aliphatic heterocycles. The molecule has 0 amide bonds. The van der Waals surface area contributed by atoms with E-state index in [1.54, 1.807) is 25.1 Å². The number of allylic oxidation sites excluding steroid dienone is 1. The predicted molar refractivity (Wildman–Crippen MR) is 101 cm³/mol. The highest BCUT2D eigenvalue weighted by Gasteiger charge is 2.33. The lowest BCUT2D eigenvalue weighted by molar-refractivity contribution is 0.287. The highest BCUT2D eigenvalue weighted by molar-refractivity contribution is 5.57. The van der Waals surface area contributed by atoms with Crippen molar-refractivity contribution in [2.24, 2.45) is 5.73 Å². The number of hydrogen-bond acceptors (Lipinski definition) is 6. The Morgan fingerprint density at radius 2 is 1.89 bits per heavy atom. The third-order valence-corrected chi connectivity index (χ3v) is 4.19. The molecule has 0 saturated carbocycles. The van der Waals surface area contributed by atoms with Crippen molar-refractivity contribution in [3.63, 3.8) is 0 Å². The second kappa shape index (κ2) is 7.50. The van der Waals surface area contributed by atoms with Crippen LogP contribution in [-0.4, -0.2) is 13.2 Å². The summed E-state index contributed by atoms with van der Waals surface area (Å²) in [5.74, 6) is 4.00. The maximum Gasteiger partial charge on any atom is 0.343 e. The van der Waals surface area contributed by atoms with Gasteiger partial charge in [-0.05, 0) is 38.5 Å². The zero-order chi connectivity index (χ0) is 19.6. The highest BCUT2D eigenvalue weighted by Crippen LogP contribution is 2.42. The minimum atomic E-state index is -0.592. The van der Waals surface area contributed by atoms with Crippen LogP contribution in [0, 0.1) is 19.3 Å². The maximum absolute atomic E-state index is 12.6. The lowest BCUT2D eigenvalue weighted by Crippen LogP contribution is -2.26. The van der Waals surface area contributed by atoms with Crippen LogP contribution in [0.4, 0.5) is 0 Å². The van der Waals surface area contributed by atoms with Crippen molar-refractivity contribution in [1.29, 1.82) is 0 Å². The standard InChI is InChI=1S/C21H21NO5/c1-5-14-18(13-8-9-15(24-6-2)16(11-13)25-7-3)19-17(27-20(14)22)10-12(4)26-21(19)23/h1,8-11,18H,6-7,22H2,2-4H3. The van der Waals surface area contributed by atoms with Crippen molar-refractivity contribution in [2.75, 3.05) is 13.2 Å². The van der Waals surface area contributed by atoms with Crippen LogP contribution < -0.4 is 25.6 Å². The molecule has 0 fully saturated rings. The SMILES string of the molecule is C#CC1=C(N)Oc2cc(C)oc(=O)c2C1c1ccc(OCC)c(OCC)c1. The molecule has 1 unspecified atom stereocenters. The molecule has 1 aromatic heterocycles. The molecule has 0 spiro atoms. The van der Waals surface area contributed by atoms with E-state index in [1.807, 2.05) is 19.9 Å². The molecule has 1 atom stereocenters. The first-order valence-electron chi connectivity index (χ1n) is 8.68. The van der Waals surface area contributed by atoms with Gasteiger partial charge in [0.25, 0.3) is 0 Å². The number of terminal acetylenes is 1. The summed E-state index contributed by atoms with van der Waals surface area (Å²) in [5, 5.41) is 0. The molecule has 0 bridgehead atoms. The van der Waals surface area contributed by atoms with Gasteiger partial charge in [0.15, 0.2) is 11.5 Å². The van der Waals surface area contributed by atoms with Gasteiger partial charge < -0.3 is 24.4 Å². The largest absolute Gasteiger partial charge is 0.490 e. The summed E-state index contributed by atoms with van der Waals surface area (Å²) in [7, 11) is 0. The van der Waals surface area contributed by atoms with Crippen molar-refractivity contribution in [3.05, 3.63) is 63.0 Å². The summed E-state index contributed by atoms with van der Waals surface area (Å²) in [5.41, 5.74) is 6.94. The molecule has 2 N–H and O–H groups in total. The minimum absolute atomic E-state index is 0.0897. The predicted octanol–water partition coefficient (Wildman–Crippen LogP) is 3.07. The lowest BCUT2D eigenvalue weighted by atomic mass is 9.84. The monoisotopic (exact) mass is 367 g/mol. The number of fused-ring (bicyclic) bond motifs is 1. The van der Waals surface area contributed by atoms with Gasteiger partial charge >= 0.3 is 5.63 Å². The first-order chi connectivity index (χ1) is 13.0. The van der Waals surface area contributed by atoms with Crippen LogP contribution in [0.5, 0.6) is 17.2 Å². The van der Waals surface area contributed by atoms with Crippen LogP contribution in [0.3, 0.4) is 0 Å². The Hall–Kier alpha value is -3.33. The third-order valence-electron chi connectivity index (χ3n) is 4.19. The Kier molecular flexibility index (Phi) is 5.13. The molecule has 27 heavy (non-hydrogen) atoms. The van der Waals surface area contributed by atoms with E-state index in [0.29, 0.717) is 47.4 Å². The summed E-state index contributed by atoms with van der Waals surface area (Å²) in [6, 6.07) is 7.05. The summed E-state index contributed by atoms with van der Waals surface area (Å²) in [4.78, 5) is 12.6. The van der Waals surface area contributed by atoms with Crippen LogP contribution >= 0.6 is 0 Å². The Balaban J connectivity index is 2.22. The van der Waals surface area contributed by atoms with E-state index >= 15 is 0 Å². The molecule has 1 aliphatic rings. The minimum Gasteiger partial charge on any atom is -0.490 e. The average Bonchev–Trinajstić information content (AvgIpc) is 2.62. The highest BCUT2D eigenvalue weighted by atomic mass is 16.5. The van der Waals surface area contributed by atoms with Crippen molar-refractivity contribution in [1.82, 2.24) is 0 Å².